The molecule has 0 saturated carbocycles. The third-order valence-corrected chi connectivity index (χ3v) is 3.56. The van der Waals surface area contributed by atoms with E-state index in [1.165, 1.54) is 19.9 Å². The summed E-state index contributed by atoms with van der Waals surface area (Å²) in [6, 6.07) is 3.78. The van der Waals surface area contributed by atoms with Crippen LogP contribution in [0.15, 0.2) is 11.6 Å². The van der Waals surface area contributed by atoms with E-state index in [4.69, 9.17) is 10.00 Å². The van der Waals surface area contributed by atoms with Gasteiger partial charge in [0.2, 0.25) is 0 Å². The number of rotatable bonds is 6. The lowest BCUT2D eigenvalue weighted by molar-refractivity contribution is -0.149. The van der Waals surface area contributed by atoms with Crippen LogP contribution in [0.1, 0.15) is 44.1 Å². The van der Waals surface area contributed by atoms with Crippen LogP contribution in [0.25, 0.3) is 6.08 Å². The molecule has 0 aliphatic heterocycles. The van der Waals surface area contributed by atoms with Crippen molar-refractivity contribution in [1.82, 2.24) is 4.57 Å². The maximum Gasteiger partial charge on any atom is 0.349 e. The van der Waals surface area contributed by atoms with Gasteiger partial charge in [-0.2, -0.15) is 5.26 Å². The van der Waals surface area contributed by atoms with E-state index in [1.54, 1.807) is 0 Å². The van der Waals surface area contributed by atoms with Crippen molar-refractivity contribution < 1.29 is 14.3 Å². The van der Waals surface area contributed by atoms with E-state index < -0.39 is 12.1 Å². The number of carbonyl (C=O) groups excluding carboxylic acids is 2. The summed E-state index contributed by atoms with van der Waals surface area (Å²) in [7, 11) is 0. The van der Waals surface area contributed by atoms with Crippen molar-refractivity contribution in [3.63, 3.8) is 0 Å². The molecule has 1 atom stereocenters. The highest BCUT2D eigenvalue weighted by Gasteiger charge is 2.18. The summed E-state index contributed by atoms with van der Waals surface area (Å²) in [6.07, 6.45) is 1.67. The molecule has 1 aromatic rings. The number of nitriles is 1. The summed E-state index contributed by atoms with van der Waals surface area (Å²) in [6.45, 7) is 9.75. The molecule has 1 unspecified atom stereocenters. The fourth-order valence-corrected chi connectivity index (χ4v) is 2.14. The Bertz CT molecular complexity index is 648. The van der Waals surface area contributed by atoms with Gasteiger partial charge in [0.05, 0.1) is 0 Å². The number of Topliss-reactive ketones (excluding diaryl/α,β-unsaturated/α-hetero) is 1. The summed E-state index contributed by atoms with van der Waals surface area (Å²) < 4.78 is 7.12. The van der Waals surface area contributed by atoms with Crippen LogP contribution < -0.4 is 0 Å². The predicted octanol–water partition coefficient (Wildman–Crippen LogP) is 2.94. The van der Waals surface area contributed by atoms with E-state index >= 15 is 0 Å². The van der Waals surface area contributed by atoms with Gasteiger partial charge in [-0.25, -0.2) is 4.79 Å². The Morgan fingerprint density at radius 2 is 2.09 bits per heavy atom. The minimum atomic E-state index is -0.850. The summed E-state index contributed by atoms with van der Waals surface area (Å²) in [4.78, 5) is 23.1. The first-order valence-corrected chi connectivity index (χ1v) is 7.31. The summed E-state index contributed by atoms with van der Waals surface area (Å²) in [5, 5.41) is 9.17. The van der Waals surface area contributed by atoms with Crippen molar-refractivity contribution >= 4 is 17.8 Å². The molecule has 1 aromatic heterocycles. The van der Waals surface area contributed by atoms with Crippen LogP contribution in [0.3, 0.4) is 0 Å². The van der Waals surface area contributed by atoms with Crippen molar-refractivity contribution in [2.24, 2.45) is 0 Å². The van der Waals surface area contributed by atoms with Gasteiger partial charge in [-0.1, -0.05) is 6.92 Å². The topological polar surface area (TPSA) is 72.1 Å². The second kappa shape index (κ2) is 7.60. The lowest BCUT2D eigenvalue weighted by atomic mass is 10.1. The average Bonchev–Trinajstić information content (AvgIpc) is 2.72. The molecule has 0 fully saturated rings. The molecule has 0 radical (unpaired) electrons. The molecule has 0 spiro atoms. The maximum absolute atomic E-state index is 12.0. The highest BCUT2D eigenvalue weighted by Crippen LogP contribution is 2.19. The molecule has 0 amide bonds. The molecule has 0 N–H and O–H groups in total. The Labute approximate surface area is 131 Å². The van der Waals surface area contributed by atoms with Crippen LogP contribution in [0.5, 0.6) is 0 Å². The lowest BCUT2D eigenvalue weighted by Gasteiger charge is -2.09. The standard InChI is InChI=1S/C17H22N2O3/c1-6-7-19-11(2)8-15(12(19)3)9-16(10-18)17(21)22-14(5)13(4)20/h8-9,14H,6-7H2,1-5H3/b16-9+. The molecular formula is C17H22N2O3. The van der Waals surface area contributed by atoms with Gasteiger partial charge in [0.25, 0.3) is 0 Å². The molecule has 0 aliphatic rings. The van der Waals surface area contributed by atoms with Gasteiger partial charge in [0.1, 0.15) is 11.6 Å². The Hall–Kier alpha value is -2.35. The van der Waals surface area contributed by atoms with Gasteiger partial charge in [-0.3, -0.25) is 4.79 Å². The van der Waals surface area contributed by atoms with Gasteiger partial charge < -0.3 is 9.30 Å². The molecule has 0 aromatic carbocycles. The van der Waals surface area contributed by atoms with Crippen LogP contribution >= 0.6 is 0 Å². The zero-order chi connectivity index (χ0) is 16.9. The SMILES string of the molecule is CCCn1c(C)cc(/C=C(\C#N)C(=O)OC(C)C(C)=O)c1C. The molecule has 0 saturated heterocycles. The van der Waals surface area contributed by atoms with Crippen LogP contribution in [0.2, 0.25) is 0 Å². The van der Waals surface area contributed by atoms with Crippen LogP contribution in [0, 0.1) is 25.2 Å². The van der Waals surface area contributed by atoms with Crippen molar-refractivity contribution in [3.8, 4) is 6.07 Å². The molecule has 0 aliphatic carbocycles. The van der Waals surface area contributed by atoms with Gasteiger partial charge >= 0.3 is 5.97 Å². The quantitative estimate of drug-likeness (QED) is 0.460. The number of ketones is 1. The average molecular weight is 302 g/mol. The molecule has 5 nitrogen and oxygen atoms in total. The van der Waals surface area contributed by atoms with E-state index in [2.05, 4.69) is 11.5 Å². The van der Waals surface area contributed by atoms with E-state index in [9.17, 15) is 9.59 Å². The van der Waals surface area contributed by atoms with E-state index in [-0.39, 0.29) is 11.4 Å². The normalized spacial score (nSPS) is 12.6. The number of aromatic nitrogens is 1. The van der Waals surface area contributed by atoms with E-state index in [1.807, 2.05) is 26.0 Å². The largest absolute Gasteiger partial charge is 0.451 e. The first-order chi connectivity index (χ1) is 10.3. The molecule has 118 valence electrons. The van der Waals surface area contributed by atoms with Crippen LogP contribution in [0.4, 0.5) is 0 Å². The number of carbonyl (C=O) groups is 2. The van der Waals surface area contributed by atoms with E-state index in [0.717, 1.165) is 29.9 Å². The van der Waals surface area contributed by atoms with Crippen molar-refractivity contribution in [2.45, 2.75) is 53.7 Å². The number of hydrogen-bond donors (Lipinski definition) is 0. The fourth-order valence-electron chi connectivity index (χ4n) is 2.14. The summed E-state index contributed by atoms with van der Waals surface area (Å²) in [5.41, 5.74) is 2.78. The fraction of sp³-hybridized carbons (Fsp3) is 0.471. The van der Waals surface area contributed by atoms with Crippen LogP contribution in [-0.4, -0.2) is 22.4 Å². The number of ether oxygens (including phenoxy) is 1. The van der Waals surface area contributed by atoms with Crippen molar-refractivity contribution in [2.75, 3.05) is 0 Å². The third kappa shape index (κ3) is 4.08. The molecule has 0 bridgehead atoms. The highest BCUT2D eigenvalue weighted by atomic mass is 16.5. The molecule has 22 heavy (non-hydrogen) atoms. The Kier molecular flexibility index (Phi) is 6.11. The summed E-state index contributed by atoms with van der Waals surface area (Å²) >= 11 is 0. The smallest absolute Gasteiger partial charge is 0.349 e. The summed E-state index contributed by atoms with van der Waals surface area (Å²) in [5.74, 6) is -1.03. The highest BCUT2D eigenvalue weighted by molar-refractivity contribution is 5.99. The molecule has 5 heteroatoms. The van der Waals surface area contributed by atoms with E-state index in [0.29, 0.717) is 0 Å². The lowest BCUT2D eigenvalue weighted by Crippen LogP contribution is -2.22. The first kappa shape index (κ1) is 17.7. The maximum atomic E-state index is 12.0. The van der Waals surface area contributed by atoms with Gasteiger partial charge in [0.15, 0.2) is 11.9 Å². The van der Waals surface area contributed by atoms with Gasteiger partial charge in [-0.15, -0.1) is 0 Å². The minimum Gasteiger partial charge on any atom is -0.451 e. The molecule has 1 heterocycles. The zero-order valence-electron chi connectivity index (χ0n) is 13.8. The second-order valence-corrected chi connectivity index (χ2v) is 5.31. The number of aryl methyl sites for hydroxylation is 1. The Morgan fingerprint density at radius 1 is 1.45 bits per heavy atom. The van der Waals surface area contributed by atoms with Crippen molar-refractivity contribution in [1.29, 1.82) is 5.26 Å². The second-order valence-electron chi connectivity index (χ2n) is 5.31. The number of hydrogen-bond acceptors (Lipinski definition) is 4. The Morgan fingerprint density at radius 3 is 2.59 bits per heavy atom. The first-order valence-electron chi connectivity index (χ1n) is 7.31. The number of nitrogens with zero attached hydrogens (tertiary/aromatic N) is 2. The Balaban J connectivity index is 3.08. The zero-order valence-corrected chi connectivity index (χ0v) is 13.8. The molecular weight excluding hydrogens is 280 g/mol. The number of esters is 1. The third-order valence-electron chi connectivity index (χ3n) is 3.56. The van der Waals surface area contributed by atoms with Crippen molar-refractivity contribution in [3.05, 3.63) is 28.6 Å². The monoisotopic (exact) mass is 302 g/mol. The van der Waals surface area contributed by atoms with Gasteiger partial charge in [-0.05, 0) is 51.8 Å². The predicted molar refractivity (Wildman–Crippen MR) is 84.0 cm³/mol. The van der Waals surface area contributed by atoms with Gasteiger partial charge in [0, 0.05) is 17.9 Å². The molecule has 1 rings (SSSR count). The minimum absolute atomic E-state index is 0.107. The van der Waals surface area contributed by atoms with Crippen LogP contribution in [-0.2, 0) is 20.9 Å².